The Labute approximate surface area is 103 Å². The number of primary amides is 1. The van der Waals surface area contributed by atoms with Crippen LogP contribution in [-0.4, -0.2) is 10.9 Å². The van der Waals surface area contributed by atoms with Gasteiger partial charge < -0.3 is 10.2 Å². The number of carbonyl (C=O) groups excluding carboxylic acids is 1. The van der Waals surface area contributed by atoms with Crippen LogP contribution < -0.4 is 5.73 Å². The lowest BCUT2D eigenvalue weighted by atomic mass is 10.1. The lowest BCUT2D eigenvalue weighted by molar-refractivity contribution is 0.0976. The number of amides is 1. The first kappa shape index (κ1) is 10.5. The summed E-state index contributed by atoms with van der Waals surface area (Å²) in [6.45, 7) is 0. The van der Waals surface area contributed by atoms with Crippen molar-refractivity contribution < 1.29 is 9.21 Å². The maximum absolute atomic E-state index is 11.0. The second kappa shape index (κ2) is 4.00. The highest BCUT2D eigenvalue weighted by Gasteiger charge is 2.09. The molecule has 0 saturated heterocycles. The van der Waals surface area contributed by atoms with Gasteiger partial charge in [-0.2, -0.15) is 0 Å². The highest BCUT2D eigenvalue weighted by molar-refractivity contribution is 5.95. The third-order valence-electron chi connectivity index (χ3n) is 2.78. The summed E-state index contributed by atoms with van der Waals surface area (Å²) >= 11 is 0. The molecule has 18 heavy (non-hydrogen) atoms. The minimum Gasteiger partial charge on any atom is -0.451 e. The van der Waals surface area contributed by atoms with Gasteiger partial charge in [0.15, 0.2) is 5.76 Å². The van der Waals surface area contributed by atoms with Gasteiger partial charge in [-0.25, -0.2) is 0 Å². The minimum atomic E-state index is -0.559. The summed E-state index contributed by atoms with van der Waals surface area (Å²) in [7, 11) is 0. The Balaban J connectivity index is 2.14. The van der Waals surface area contributed by atoms with Crippen LogP contribution in [0, 0.1) is 0 Å². The lowest BCUT2D eigenvalue weighted by Crippen LogP contribution is -2.08. The highest BCUT2D eigenvalue weighted by Crippen LogP contribution is 2.26. The van der Waals surface area contributed by atoms with Crippen LogP contribution in [0.1, 0.15) is 10.6 Å². The Morgan fingerprint density at radius 3 is 2.56 bits per heavy atom. The molecule has 1 amide bonds. The van der Waals surface area contributed by atoms with Gasteiger partial charge in [-0.3, -0.25) is 9.78 Å². The number of carbonyl (C=O) groups is 1. The van der Waals surface area contributed by atoms with E-state index >= 15 is 0 Å². The van der Waals surface area contributed by atoms with Gasteiger partial charge in [-0.15, -0.1) is 0 Å². The van der Waals surface area contributed by atoms with Crippen molar-refractivity contribution in [1.29, 1.82) is 0 Å². The molecule has 2 aromatic heterocycles. The summed E-state index contributed by atoms with van der Waals surface area (Å²) in [5.74, 6) is -0.381. The van der Waals surface area contributed by atoms with E-state index in [4.69, 9.17) is 10.2 Å². The van der Waals surface area contributed by atoms with Crippen LogP contribution in [0.4, 0.5) is 0 Å². The number of benzene rings is 1. The van der Waals surface area contributed by atoms with Gasteiger partial charge in [0.25, 0.3) is 5.91 Å². The standard InChI is InChI=1S/C14H10N2O2/c15-14(17)13-8-11-2-1-10(7-12(11)18-13)9-3-5-16-6-4-9/h1-8H,(H2,15,17). The van der Waals surface area contributed by atoms with Crippen molar-refractivity contribution in [2.45, 2.75) is 0 Å². The quantitative estimate of drug-likeness (QED) is 0.746. The van der Waals surface area contributed by atoms with E-state index in [9.17, 15) is 4.79 Å². The maximum atomic E-state index is 11.0. The van der Waals surface area contributed by atoms with E-state index in [0.717, 1.165) is 16.5 Å². The number of fused-ring (bicyclic) bond motifs is 1. The van der Waals surface area contributed by atoms with Crippen molar-refractivity contribution in [2.75, 3.05) is 0 Å². The molecule has 1 aromatic carbocycles. The van der Waals surface area contributed by atoms with Crippen LogP contribution in [-0.2, 0) is 0 Å². The molecule has 0 bridgehead atoms. The summed E-state index contributed by atoms with van der Waals surface area (Å²) in [5, 5.41) is 0.863. The van der Waals surface area contributed by atoms with Crippen molar-refractivity contribution in [3.63, 3.8) is 0 Å². The van der Waals surface area contributed by atoms with Gasteiger partial charge in [-0.1, -0.05) is 12.1 Å². The molecule has 4 nitrogen and oxygen atoms in total. The maximum Gasteiger partial charge on any atom is 0.284 e. The molecule has 3 aromatic rings. The zero-order valence-corrected chi connectivity index (χ0v) is 9.46. The van der Waals surface area contributed by atoms with Crippen LogP contribution in [0.25, 0.3) is 22.1 Å². The van der Waals surface area contributed by atoms with Crippen LogP contribution in [0.2, 0.25) is 0 Å². The number of hydrogen-bond donors (Lipinski definition) is 1. The summed E-state index contributed by atoms with van der Waals surface area (Å²) < 4.78 is 5.40. The number of nitrogens with two attached hydrogens (primary N) is 1. The third-order valence-corrected chi connectivity index (χ3v) is 2.78. The molecular weight excluding hydrogens is 228 g/mol. The molecule has 0 unspecified atom stereocenters. The zero-order valence-electron chi connectivity index (χ0n) is 9.46. The van der Waals surface area contributed by atoms with Gasteiger partial charge >= 0.3 is 0 Å². The van der Waals surface area contributed by atoms with E-state index in [1.807, 2.05) is 30.3 Å². The van der Waals surface area contributed by atoms with E-state index in [1.165, 1.54) is 0 Å². The van der Waals surface area contributed by atoms with E-state index in [1.54, 1.807) is 18.5 Å². The molecule has 4 heteroatoms. The average Bonchev–Trinajstić information content (AvgIpc) is 2.82. The fourth-order valence-corrected chi connectivity index (χ4v) is 1.88. The van der Waals surface area contributed by atoms with Gasteiger partial charge in [0.2, 0.25) is 0 Å². The summed E-state index contributed by atoms with van der Waals surface area (Å²) in [6, 6.07) is 11.2. The number of pyridine rings is 1. The molecule has 0 fully saturated rings. The molecular formula is C14H10N2O2. The van der Waals surface area contributed by atoms with Crippen LogP contribution >= 0.6 is 0 Å². The molecule has 0 aliphatic carbocycles. The first-order valence-electron chi connectivity index (χ1n) is 5.48. The molecule has 2 heterocycles. The van der Waals surface area contributed by atoms with Gasteiger partial charge in [-0.05, 0) is 35.4 Å². The highest BCUT2D eigenvalue weighted by atomic mass is 16.3. The Morgan fingerprint density at radius 2 is 1.83 bits per heavy atom. The van der Waals surface area contributed by atoms with Crippen LogP contribution in [0.3, 0.4) is 0 Å². The van der Waals surface area contributed by atoms with E-state index in [0.29, 0.717) is 5.58 Å². The Morgan fingerprint density at radius 1 is 1.06 bits per heavy atom. The molecule has 0 spiro atoms. The van der Waals surface area contributed by atoms with Crippen molar-refractivity contribution in [3.8, 4) is 11.1 Å². The molecule has 0 radical (unpaired) electrons. The Kier molecular flexibility index (Phi) is 2.34. The van der Waals surface area contributed by atoms with Gasteiger partial charge in [0.05, 0.1) is 0 Å². The monoisotopic (exact) mass is 238 g/mol. The number of furan rings is 1. The first-order chi connectivity index (χ1) is 8.74. The predicted molar refractivity (Wildman–Crippen MR) is 68.0 cm³/mol. The SMILES string of the molecule is NC(=O)c1cc2ccc(-c3ccncc3)cc2o1. The molecule has 88 valence electrons. The molecule has 0 atom stereocenters. The van der Waals surface area contributed by atoms with Crippen molar-refractivity contribution in [2.24, 2.45) is 5.73 Å². The van der Waals surface area contributed by atoms with E-state index in [2.05, 4.69) is 4.98 Å². The van der Waals surface area contributed by atoms with Gasteiger partial charge in [0.1, 0.15) is 5.58 Å². The Bertz CT molecular complexity index is 717. The second-order valence-corrected chi connectivity index (χ2v) is 3.96. The predicted octanol–water partition coefficient (Wildman–Crippen LogP) is 2.59. The number of hydrogen-bond acceptors (Lipinski definition) is 3. The fourth-order valence-electron chi connectivity index (χ4n) is 1.88. The lowest BCUT2D eigenvalue weighted by Gasteiger charge is -1.99. The van der Waals surface area contributed by atoms with Gasteiger partial charge in [0, 0.05) is 17.8 Å². The largest absolute Gasteiger partial charge is 0.451 e. The molecule has 0 saturated carbocycles. The smallest absolute Gasteiger partial charge is 0.284 e. The van der Waals surface area contributed by atoms with Crippen LogP contribution in [0.5, 0.6) is 0 Å². The first-order valence-corrected chi connectivity index (χ1v) is 5.48. The summed E-state index contributed by atoms with van der Waals surface area (Å²) in [4.78, 5) is 15.0. The molecule has 2 N–H and O–H groups in total. The normalized spacial score (nSPS) is 10.7. The molecule has 0 aliphatic rings. The summed E-state index contributed by atoms with van der Waals surface area (Å²) in [5.41, 5.74) is 7.89. The number of nitrogens with zero attached hydrogens (tertiary/aromatic N) is 1. The minimum absolute atomic E-state index is 0.178. The molecule has 0 aliphatic heterocycles. The Hall–Kier alpha value is -2.62. The number of rotatable bonds is 2. The number of aromatic nitrogens is 1. The van der Waals surface area contributed by atoms with E-state index in [-0.39, 0.29) is 5.76 Å². The average molecular weight is 238 g/mol. The molecule has 3 rings (SSSR count). The summed E-state index contributed by atoms with van der Waals surface area (Å²) in [6.07, 6.45) is 3.47. The topological polar surface area (TPSA) is 69.1 Å². The zero-order chi connectivity index (χ0) is 12.5. The third kappa shape index (κ3) is 1.73. The second-order valence-electron chi connectivity index (χ2n) is 3.96. The van der Waals surface area contributed by atoms with E-state index < -0.39 is 5.91 Å². The fraction of sp³-hybridized carbons (Fsp3) is 0. The van der Waals surface area contributed by atoms with Crippen LogP contribution in [0.15, 0.2) is 53.2 Å². The van der Waals surface area contributed by atoms with Crippen molar-refractivity contribution in [1.82, 2.24) is 4.98 Å². The van der Waals surface area contributed by atoms with Crippen molar-refractivity contribution >= 4 is 16.9 Å². The van der Waals surface area contributed by atoms with Crippen molar-refractivity contribution in [3.05, 3.63) is 54.6 Å².